The molecule has 3 aliphatic heterocycles. The van der Waals surface area contributed by atoms with E-state index in [4.69, 9.17) is 14.2 Å². The molecule has 1 atom stereocenters. The predicted octanol–water partition coefficient (Wildman–Crippen LogP) is 4.13. The maximum atomic E-state index is 6.25. The summed E-state index contributed by atoms with van der Waals surface area (Å²) in [4.78, 5) is 0. The summed E-state index contributed by atoms with van der Waals surface area (Å²) < 4.78 is 18.1. The molecule has 130 valence electrons. The topological polar surface area (TPSA) is 27.7 Å². The monoisotopic (exact) mass is 344 g/mol. The van der Waals surface area contributed by atoms with E-state index in [2.05, 4.69) is 45.0 Å². The van der Waals surface area contributed by atoms with Gasteiger partial charge in [-0.3, -0.25) is 0 Å². The number of rotatable bonds is 3. The minimum atomic E-state index is -1.36. The molecular formula is C20H28O3Si. The molecule has 0 spiro atoms. The van der Waals surface area contributed by atoms with E-state index in [-0.39, 0.29) is 6.10 Å². The van der Waals surface area contributed by atoms with Gasteiger partial charge in [-0.2, -0.15) is 0 Å². The van der Waals surface area contributed by atoms with E-state index in [1.165, 1.54) is 0 Å². The molecule has 1 aromatic carbocycles. The first-order chi connectivity index (χ1) is 11.3. The number of ether oxygens (including phenoxy) is 3. The Kier molecular flexibility index (Phi) is 4.90. The van der Waals surface area contributed by atoms with Crippen LogP contribution in [0.25, 0.3) is 0 Å². The third-order valence-electron chi connectivity index (χ3n) is 4.33. The van der Waals surface area contributed by atoms with E-state index in [0.29, 0.717) is 25.0 Å². The fraction of sp³-hybridized carbons (Fsp3) is 0.600. The second-order valence-corrected chi connectivity index (χ2v) is 13.1. The Balaban J connectivity index is 1.79. The minimum Gasteiger partial charge on any atom is -0.323 e. The van der Waals surface area contributed by atoms with Crippen molar-refractivity contribution in [1.29, 1.82) is 0 Å². The summed E-state index contributed by atoms with van der Waals surface area (Å²) in [5.41, 5.74) is 5.34. The van der Waals surface area contributed by atoms with Gasteiger partial charge in [-0.15, -0.1) is 5.54 Å². The molecule has 0 radical (unpaired) electrons. The lowest BCUT2D eigenvalue weighted by Crippen LogP contribution is -2.56. The van der Waals surface area contributed by atoms with Crippen LogP contribution in [0.5, 0.6) is 0 Å². The highest BCUT2D eigenvalue weighted by atomic mass is 28.3. The molecular weight excluding hydrogens is 316 g/mol. The van der Waals surface area contributed by atoms with Crippen molar-refractivity contribution in [2.45, 2.75) is 52.0 Å². The van der Waals surface area contributed by atoms with Crippen LogP contribution in [0.3, 0.4) is 0 Å². The molecule has 1 aromatic rings. The van der Waals surface area contributed by atoms with Crippen LogP contribution in [-0.2, 0) is 20.2 Å². The highest BCUT2D eigenvalue weighted by Crippen LogP contribution is 2.43. The molecule has 0 N–H and O–H groups in total. The van der Waals surface area contributed by atoms with Crippen molar-refractivity contribution in [2.75, 3.05) is 13.2 Å². The first kappa shape index (κ1) is 17.7. The zero-order valence-corrected chi connectivity index (χ0v) is 16.4. The van der Waals surface area contributed by atoms with Crippen molar-refractivity contribution < 1.29 is 14.2 Å². The summed E-state index contributed by atoms with van der Waals surface area (Å²) in [5.74, 6) is 3.20. The third-order valence-corrected chi connectivity index (χ3v) is 5.21. The van der Waals surface area contributed by atoms with Gasteiger partial charge >= 0.3 is 5.97 Å². The lowest BCUT2D eigenvalue weighted by Gasteiger charge is -2.50. The van der Waals surface area contributed by atoms with Gasteiger partial charge in [0.2, 0.25) is 0 Å². The van der Waals surface area contributed by atoms with Crippen LogP contribution in [0, 0.1) is 23.3 Å². The van der Waals surface area contributed by atoms with Gasteiger partial charge in [-0.05, 0) is 36.6 Å². The molecule has 4 rings (SSSR count). The van der Waals surface area contributed by atoms with Gasteiger partial charge < -0.3 is 14.2 Å². The van der Waals surface area contributed by atoms with Crippen molar-refractivity contribution >= 4 is 8.07 Å². The minimum absolute atomic E-state index is 0.207. The molecule has 0 amide bonds. The van der Waals surface area contributed by atoms with E-state index in [9.17, 15) is 0 Å². The van der Waals surface area contributed by atoms with Crippen molar-refractivity contribution in [3.05, 3.63) is 35.4 Å². The first-order valence-electron chi connectivity index (χ1n) is 8.87. The van der Waals surface area contributed by atoms with Crippen LogP contribution in [-0.4, -0.2) is 27.4 Å². The van der Waals surface area contributed by atoms with E-state index >= 15 is 0 Å². The SMILES string of the molecule is CC(C)CC1OC2(c3ccc(C#C[Si](C)(C)C)cc3)OCC1CO2. The van der Waals surface area contributed by atoms with Gasteiger partial charge in [-0.25, -0.2) is 0 Å². The lowest BCUT2D eigenvalue weighted by atomic mass is 9.92. The van der Waals surface area contributed by atoms with Crippen LogP contribution in [0.15, 0.2) is 24.3 Å². The summed E-state index contributed by atoms with van der Waals surface area (Å²) in [7, 11) is -1.36. The Morgan fingerprint density at radius 1 is 1.12 bits per heavy atom. The average molecular weight is 345 g/mol. The normalized spacial score (nSPS) is 29.4. The summed E-state index contributed by atoms with van der Waals surface area (Å²) in [6.07, 6.45) is 1.25. The quantitative estimate of drug-likeness (QED) is 0.609. The van der Waals surface area contributed by atoms with E-state index in [0.717, 1.165) is 17.5 Å². The highest BCUT2D eigenvalue weighted by molar-refractivity contribution is 6.83. The molecule has 24 heavy (non-hydrogen) atoms. The molecule has 3 fully saturated rings. The van der Waals surface area contributed by atoms with E-state index < -0.39 is 14.0 Å². The molecule has 0 aromatic heterocycles. The number of hydrogen-bond donors (Lipinski definition) is 0. The van der Waals surface area contributed by atoms with Gasteiger partial charge in [0.05, 0.1) is 19.3 Å². The maximum Gasteiger partial charge on any atom is 0.312 e. The predicted molar refractivity (Wildman–Crippen MR) is 98.1 cm³/mol. The first-order valence-corrected chi connectivity index (χ1v) is 12.4. The summed E-state index contributed by atoms with van der Waals surface area (Å²) >= 11 is 0. The molecule has 3 heterocycles. The number of fused-ring (bicyclic) bond motifs is 3. The zero-order chi connectivity index (χ0) is 17.4. The molecule has 1 unspecified atom stereocenters. The van der Waals surface area contributed by atoms with Gasteiger partial charge in [0.25, 0.3) is 0 Å². The van der Waals surface area contributed by atoms with Crippen molar-refractivity contribution in [3.63, 3.8) is 0 Å². The maximum absolute atomic E-state index is 6.25. The molecule has 0 aliphatic carbocycles. The molecule has 4 heteroatoms. The second-order valence-electron chi connectivity index (χ2n) is 8.30. The molecule has 2 bridgehead atoms. The lowest BCUT2D eigenvalue weighted by molar-refractivity contribution is -0.480. The molecule has 0 saturated carbocycles. The Morgan fingerprint density at radius 2 is 1.75 bits per heavy atom. The smallest absolute Gasteiger partial charge is 0.312 e. The standard InChI is InChI=1S/C20H28O3Si/c1-15(2)12-19-17-13-21-20(23-19,22-14-17)18-8-6-16(7-9-18)10-11-24(3,4)5/h6-9,15,17,19H,12-14H2,1-5H3. The molecule has 3 saturated heterocycles. The largest absolute Gasteiger partial charge is 0.323 e. The van der Waals surface area contributed by atoms with E-state index in [1.54, 1.807) is 0 Å². The highest BCUT2D eigenvalue weighted by Gasteiger charge is 2.51. The van der Waals surface area contributed by atoms with Crippen LogP contribution >= 0.6 is 0 Å². The Bertz CT molecular complexity index is 626. The van der Waals surface area contributed by atoms with Crippen LogP contribution in [0.4, 0.5) is 0 Å². The summed E-state index contributed by atoms with van der Waals surface area (Å²) in [5, 5.41) is 0. The van der Waals surface area contributed by atoms with Crippen molar-refractivity contribution in [3.8, 4) is 11.5 Å². The van der Waals surface area contributed by atoms with Gasteiger partial charge in [0.15, 0.2) is 0 Å². The number of benzene rings is 1. The summed E-state index contributed by atoms with van der Waals surface area (Å²) in [6, 6.07) is 8.11. The average Bonchev–Trinajstić information content (AvgIpc) is 2.53. The Labute approximate surface area is 146 Å². The van der Waals surface area contributed by atoms with Gasteiger partial charge in [0.1, 0.15) is 8.07 Å². The number of hydrogen-bond acceptors (Lipinski definition) is 3. The van der Waals surface area contributed by atoms with Crippen molar-refractivity contribution in [1.82, 2.24) is 0 Å². The fourth-order valence-electron chi connectivity index (χ4n) is 3.06. The van der Waals surface area contributed by atoms with Gasteiger partial charge in [0, 0.05) is 17.0 Å². The fourth-order valence-corrected chi connectivity index (χ4v) is 3.58. The van der Waals surface area contributed by atoms with E-state index in [1.807, 2.05) is 24.3 Å². The Morgan fingerprint density at radius 3 is 2.29 bits per heavy atom. The second kappa shape index (κ2) is 6.65. The van der Waals surface area contributed by atoms with Gasteiger partial charge in [-0.1, -0.05) is 39.4 Å². The molecule has 3 nitrogen and oxygen atoms in total. The Hall–Kier alpha value is -1.12. The van der Waals surface area contributed by atoms with Crippen molar-refractivity contribution in [2.24, 2.45) is 11.8 Å². The van der Waals surface area contributed by atoms with Crippen LogP contribution in [0.1, 0.15) is 31.4 Å². The third kappa shape index (κ3) is 3.92. The zero-order valence-electron chi connectivity index (χ0n) is 15.4. The molecule has 3 aliphatic rings. The van der Waals surface area contributed by atoms with Crippen LogP contribution in [0.2, 0.25) is 19.6 Å². The summed E-state index contributed by atoms with van der Waals surface area (Å²) in [6.45, 7) is 12.6. The van der Waals surface area contributed by atoms with Crippen LogP contribution < -0.4 is 0 Å².